The average molecular weight is 331 g/mol. The molecule has 2 N–H and O–H groups in total. The summed E-state index contributed by atoms with van der Waals surface area (Å²) in [6.07, 6.45) is 4.66. The molecule has 5 nitrogen and oxygen atoms in total. The van der Waals surface area contributed by atoms with Gasteiger partial charge in [-0.1, -0.05) is 13.8 Å². The Morgan fingerprint density at radius 2 is 1.74 bits per heavy atom. The Hall–Kier alpha value is -0.880. The number of aromatic nitrogens is 2. The molecule has 1 aromatic rings. The highest BCUT2D eigenvalue weighted by molar-refractivity contribution is 9.10. The lowest BCUT2D eigenvalue weighted by molar-refractivity contribution is 0.134. The summed E-state index contributed by atoms with van der Waals surface area (Å²) < 4.78 is 6.32. The van der Waals surface area contributed by atoms with Crippen LogP contribution in [0.4, 0.5) is 11.6 Å². The van der Waals surface area contributed by atoms with Crippen molar-refractivity contribution in [2.24, 2.45) is 0 Å². The molecule has 0 amide bonds. The molecule has 0 aliphatic carbocycles. The molecule has 0 aliphatic rings. The summed E-state index contributed by atoms with van der Waals surface area (Å²) >= 11 is 3.52. The number of nitrogens with one attached hydrogen (secondary N) is 2. The van der Waals surface area contributed by atoms with Gasteiger partial charge in [-0.05, 0) is 35.2 Å². The molecule has 0 saturated heterocycles. The van der Waals surface area contributed by atoms with E-state index in [0.29, 0.717) is 0 Å². The maximum atomic E-state index is 5.43. The largest absolute Gasteiger partial charge is 0.381 e. The van der Waals surface area contributed by atoms with Crippen LogP contribution in [0.2, 0.25) is 0 Å². The van der Waals surface area contributed by atoms with Gasteiger partial charge >= 0.3 is 0 Å². The smallest absolute Gasteiger partial charge is 0.145 e. The first-order chi connectivity index (χ1) is 9.29. The molecule has 6 heteroatoms. The monoisotopic (exact) mass is 330 g/mol. The zero-order valence-corrected chi connectivity index (χ0v) is 13.3. The number of halogens is 1. The fourth-order valence-electron chi connectivity index (χ4n) is 1.49. The van der Waals surface area contributed by atoms with Gasteiger partial charge < -0.3 is 15.4 Å². The van der Waals surface area contributed by atoms with E-state index in [4.69, 9.17) is 4.74 Å². The molecule has 1 heterocycles. The van der Waals surface area contributed by atoms with Gasteiger partial charge in [0.15, 0.2) is 0 Å². The Balaban J connectivity index is 2.36. The van der Waals surface area contributed by atoms with Crippen molar-refractivity contribution in [2.75, 3.05) is 36.9 Å². The van der Waals surface area contributed by atoms with Crippen molar-refractivity contribution in [1.29, 1.82) is 0 Å². The van der Waals surface area contributed by atoms with Crippen LogP contribution in [0.3, 0.4) is 0 Å². The van der Waals surface area contributed by atoms with Crippen molar-refractivity contribution in [3.63, 3.8) is 0 Å². The van der Waals surface area contributed by atoms with Gasteiger partial charge in [-0.2, -0.15) is 0 Å². The predicted molar refractivity (Wildman–Crippen MR) is 82.7 cm³/mol. The summed E-state index contributed by atoms with van der Waals surface area (Å²) in [5.74, 6) is 1.66. The molecule has 19 heavy (non-hydrogen) atoms. The minimum atomic E-state index is 0.782. The van der Waals surface area contributed by atoms with E-state index in [-0.39, 0.29) is 0 Å². The van der Waals surface area contributed by atoms with Crippen molar-refractivity contribution < 1.29 is 4.74 Å². The third-order valence-corrected chi connectivity index (χ3v) is 3.19. The summed E-state index contributed by atoms with van der Waals surface area (Å²) in [6.45, 7) is 7.60. The zero-order valence-electron chi connectivity index (χ0n) is 11.7. The molecule has 0 spiro atoms. The molecule has 0 radical (unpaired) electrons. The highest BCUT2D eigenvalue weighted by Gasteiger charge is 2.07. The molecule has 0 fully saturated rings. The topological polar surface area (TPSA) is 59.1 Å². The zero-order chi connectivity index (χ0) is 13.9. The fourth-order valence-corrected chi connectivity index (χ4v) is 1.97. The number of nitrogens with zero attached hydrogens (tertiary/aromatic N) is 2. The molecule has 0 atom stereocenters. The van der Waals surface area contributed by atoms with Crippen molar-refractivity contribution in [1.82, 2.24) is 9.97 Å². The van der Waals surface area contributed by atoms with Crippen LogP contribution in [0, 0.1) is 0 Å². The van der Waals surface area contributed by atoms with Crippen molar-refractivity contribution >= 4 is 27.6 Å². The normalized spacial score (nSPS) is 10.5. The Kier molecular flexibility index (Phi) is 8.49. The van der Waals surface area contributed by atoms with Gasteiger partial charge in [0, 0.05) is 26.3 Å². The quantitative estimate of drug-likeness (QED) is 0.644. The standard InChI is InChI=1S/C13H23BrN4O/c1-3-6-15-12-11(14)13(18-10-17-12)16-7-5-9-19-8-4-2/h10H,3-9H2,1-2H3,(H2,15,16,17,18). The van der Waals surface area contributed by atoms with E-state index in [1.165, 1.54) is 0 Å². The number of rotatable bonds is 10. The number of ether oxygens (including phenoxy) is 1. The van der Waals surface area contributed by atoms with Crippen LogP contribution in [0.25, 0.3) is 0 Å². The molecular formula is C13H23BrN4O. The highest BCUT2D eigenvalue weighted by atomic mass is 79.9. The van der Waals surface area contributed by atoms with Gasteiger partial charge in [-0.25, -0.2) is 9.97 Å². The molecule has 0 aliphatic heterocycles. The Morgan fingerprint density at radius 3 is 2.37 bits per heavy atom. The molecule has 0 saturated carbocycles. The Morgan fingerprint density at radius 1 is 1.05 bits per heavy atom. The number of hydrogen-bond acceptors (Lipinski definition) is 5. The average Bonchev–Trinajstić information content (AvgIpc) is 2.43. The summed E-state index contributed by atoms with van der Waals surface area (Å²) in [5, 5.41) is 6.55. The summed E-state index contributed by atoms with van der Waals surface area (Å²) in [6, 6.07) is 0. The van der Waals surface area contributed by atoms with Gasteiger partial charge in [0.05, 0.1) is 0 Å². The number of anilines is 2. The maximum Gasteiger partial charge on any atom is 0.145 e. The van der Waals surface area contributed by atoms with Gasteiger partial charge in [-0.3, -0.25) is 0 Å². The van der Waals surface area contributed by atoms with E-state index < -0.39 is 0 Å². The summed E-state index contributed by atoms with van der Waals surface area (Å²) in [7, 11) is 0. The van der Waals surface area contributed by atoms with Crippen LogP contribution in [-0.4, -0.2) is 36.3 Å². The Bertz CT molecular complexity index is 362. The first kappa shape index (κ1) is 16.2. The minimum absolute atomic E-state index is 0.782. The summed E-state index contributed by atoms with van der Waals surface area (Å²) in [4.78, 5) is 8.44. The van der Waals surface area contributed by atoms with E-state index in [2.05, 4.69) is 50.4 Å². The lowest BCUT2D eigenvalue weighted by atomic mass is 10.4. The van der Waals surface area contributed by atoms with Crippen LogP contribution in [0.15, 0.2) is 10.8 Å². The highest BCUT2D eigenvalue weighted by Crippen LogP contribution is 2.26. The Labute approximate surface area is 123 Å². The van der Waals surface area contributed by atoms with E-state index in [1.54, 1.807) is 6.33 Å². The molecule has 0 bridgehead atoms. The molecular weight excluding hydrogens is 308 g/mol. The maximum absolute atomic E-state index is 5.43. The molecule has 0 unspecified atom stereocenters. The third-order valence-electron chi connectivity index (χ3n) is 2.44. The van der Waals surface area contributed by atoms with Gasteiger partial charge in [0.1, 0.15) is 22.4 Å². The minimum Gasteiger partial charge on any atom is -0.381 e. The molecule has 0 aromatic carbocycles. The summed E-state index contributed by atoms with van der Waals surface area (Å²) in [5.41, 5.74) is 0. The first-order valence-corrected chi connectivity index (χ1v) is 7.64. The van der Waals surface area contributed by atoms with Crippen molar-refractivity contribution in [3.8, 4) is 0 Å². The van der Waals surface area contributed by atoms with E-state index in [1.807, 2.05) is 0 Å². The predicted octanol–water partition coefficient (Wildman–Crippen LogP) is 3.29. The van der Waals surface area contributed by atoms with Crippen LogP contribution in [0.5, 0.6) is 0 Å². The molecule has 1 rings (SSSR count). The van der Waals surface area contributed by atoms with Crippen LogP contribution >= 0.6 is 15.9 Å². The second kappa shape index (κ2) is 9.97. The van der Waals surface area contributed by atoms with Gasteiger partial charge in [0.2, 0.25) is 0 Å². The lowest BCUT2D eigenvalue weighted by Crippen LogP contribution is -2.10. The van der Waals surface area contributed by atoms with E-state index in [0.717, 1.165) is 61.7 Å². The lowest BCUT2D eigenvalue weighted by Gasteiger charge is -2.11. The third kappa shape index (κ3) is 6.20. The second-order valence-corrected chi connectivity index (χ2v) is 5.00. The van der Waals surface area contributed by atoms with Gasteiger partial charge in [0.25, 0.3) is 0 Å². The number of hydrogen-bond donors (Lipinski definition) is 2. The van der Waals surface area contributed by atoms with E-state index in [9.17, 15) is 0 Å². The van der Waals surface area contributed by atoms with Crippen molar-refractivity contribution in [3.05, 3.63) is 10.8 Å². The first-order valence-electron chi connectivity index (χ1n) is 6.85. The van der Waals surface area contributed by atoms with Crippen molar-refractivity contribution in [2.45, 2.75) is 33.1 Å². The van der Waals surface area contributed by atoms with Crippen LogP contribution < -0.4 is 10.6 Å². The second-order valence-electron chi connectivity index (χ2n) is 4.20. The fraction of sp³-hybridized carbons (Fsp3) is 0.692. The van der Waals surface area contributed by atoms with Crippen LogP contribution in [-0.2, 0) is 4.74 Å². The molecule has 1 aromatic heterocycles. The molecule has 108 valence electrons. The van der Waals surface area contributed by atoms with Gasteiger partial charge in [-0.15, -0.1) is 0 Å². The van der Waals surface area contributed by atoms with Crippen LogP contribution in [0.1, 0.15) is 33.1 Å². The van der Waals surface area contributed by atoms with E-state index >= 15 is 0 Å². The SMILES string of the molecule is CCCNc1ncnc(NCCCOCCC)c1Br.